The molecule has 3 aromatic rings. The van der Waals surface area contributed by atoms with Gasteiger partial charge < -0.3 is 9.84 Å². The van der Waals surface area contributed by atoms with Gasteiger partial charge in [-0.1, -0.05) is 60.7 Å². The first kappa shape index (κ1) is 20.0. The Morgan fingerprint density at radius 3 is 2.00 bits per heavy atom. The van der Waals surface area contributed by atoms with Crippen molar-refractivity contribution in [1.29, 1.82) is 0 Å². The maximum absolute atomic E-state index is 12.6. The minimum Gasteiger partial charge on any atom is -0.448 e. The van der Waals surface area contributed by atoms with Crippen molar-refractivity contribution < 1.29 is 27.8 Å². The third kappa shape index (κ3) is 3.89. The summed E-state index contributed by atoms with van der Waals surface area (Å²) in [6.45, 7) is 0.130. The number of nitrogens with one attached hydrogen (secondary N) is 1. The first-order valence-corrected chi connectivity index (χ1v) is 9.31. The van der Waals surface area contributed by atoms with Gasteiger partial charge in [-0.2, -0.15) is 13.2 Å². The number of fused-ring (bicyclic) bond motifs is 3. The van der Waals surface area contributed by atoms with E-state index < -0.39 is 18.4 Å². The fourth-order valence-electron chi connectivity index (χ4n) is 3.69. The van der Waals surface area contributed by atoms with E-state index in [1.807, 2.05) is 48.5 Å². The number of amides is 1. The van der Waals surface area contributed by atoms with Gasteiger partial charge in [0, 0.05) is 11.6 Å². The molecule has 1 atom stereocenters. The summed E-state index contributed by atoms with van der Waals surface area (Å²) < 4.78 is 43.1. The van der Waals surface area contributed by atoms with Crippen molar-refractivity contribution >= 4 is 11.8 Å². The molecule has 4 rings (SSSR count). The number of benzene rings is 3. The highest BCUT2D eigenvalue weighted by Crippen LogP contribution is 2.44. The van der Waals surface area contributed by atoms with Crippen LogP contribution >= 0.6 is 0 Å². The monoisotopic (exact) mass is 413 g/mol. The molecule has 1 amide bonds. The van der Waals surface area contributed by atoms with Crippen LogP contribution in [0.4, 0.5) is 23.7 Å². The van der Waals surface area contributed by atoms with Gasteiger partial charge in [-0.05, 0) is 39.9 Å². The first-order valence-electron chi connectivity index (χ1n) is 9.31. The second-order valence-corrected chi connectivity index (χ2v) is 7.02. The zero-order chi connectivity index (χ0) is 21.3. The van der Waals surface area contributed by atoms with E-state index in [4.69, 9.17) is 4.74 Å². The summed E-state index contributed by atoms with van der Waals surface area (Å²) in [5, 5.41) is 11.8. The van der Waals surface area contributed by atoms with Crippen LogP contribution in [0.3, 0.4) is 0 Å². The minimum atomic E-state index is -4.75. The van der Waals surface area contributed by atoms with Gasteiger partial charge in [0.25, 0.3) is 0 Å². The Morgan fingerprint density at radius 1 is 0.933 bits per heavy atom. The fraction of sp³-hybridized carbons (Fsp3) is 0.174. The molecule has 0 spiro atoms. The van der Waals surface area contributed by atoms with Crippen molar-refractivity contribution in [3.05, 3.63) is 89.5 Å². The van der Waals surface area contributed by atoms with Crippen LogP contribution in [0.25, 0.3) is 11.1 Å². The first-order chi connectivity index (χ1) is 14.3. The summed E-state index contributed by atoms with van der Waals surface area (Å²) in [5.41, 5.74) is 4.35. The normalized spacial score (nSPS) is 14.0. The number of carbonyl (C=O) groups is 1. The molecular formula is C23H18F3NO3. The van der Waals surface area contributed by atoms with E-state index in [9.17, 15) is 23.1 Å². The maximum atomic E-state index is 12.6. The molecule has 4 nitrogen and oxygen atoms in total. The van der Waals surface area contributed by atoms with Crippen LogP contribution < -0.4 is 5.32 Å². The Bertz CT molecular complexity index is 1020. The molecule has 7 heteroatoms. The Morgan fingerprint density at radius 2 is 1.47 bits per heavy atom. The third-order valence-corrected chi connectivity index (χ3v) is 5.13. The number of hydrogen-bond donors (Lipinski definition) is 2. The molecule has 1 unspecified atom stereocenters. The van der Waals surface area contributed by atoms with E-state index in [1.54, 1.807) is 0 Å². The second-order valence-electron chi connectivity index (χ2n) is 7.02. The standard InChI is InChI=1S/C23H18F3NO3/c24-23(25,26)21(28)14-9-11-15(12-10-14)27-22(29)30-13-20-18-7-3-1-5-16(18)17-6-2-4-8-19(17)20/h1-12,20-21,28H,13H2,(H,27,29). The molecule has 0 saturated heterocycles. The second kappa shape index (κ2) is 7.84. The fourth-order valence-corrected chi connectivity index (χ4v) is 3.69. The number of carbonyl (C=O) groups excluding carboxylic acids is 1. The molecule has 0 fully saturated rings. The van der Waals surface area contributed by atoms with Gasteiger partial charge >= 0.3 is 12.3 Å². The Kier molecular flexibility index (Phi) is 5.22. The van der Waals surface area contributed by atoms with Crippen LogP contribution in [0.1, 0.15) is 28.7 Å². The summed E-state index contributed by atoms with van der Waals surface area (Å²) in [7, 11) is 0. The van der Waals surface area contributed by atoms with Crippen LogP contribution in [0.15, 0.2) is 72.8 Å². The summed E-state index contributed by atoms with van der Waals surface area (Å²) in [6, 6.07) is 20.7. The minimum absolute atomic E-state index is 0.0903. The molecule has 1 aliphatic rings. The Balaban J connectivity index is 1.41. The van der Waals surface area contributed by atoms with Gasteiger partial charge in [0.1, 0.15) is 6.61 Å². The molecule has 3 aromatic carbocycles. The van der Waals surface area contributed by atoms with Crippen molar-refractivity contribution in [1.82, 2.24) is 0 Å². The lowest BCUT2D eigenvalue weighted by Gasteiger charge is -2.16. The van der Waals surface area contributed by atoms with Crippen LogP contribution in [0, 0.1) is 0 Å². The number of hydrogen-bond acceptors (Lipinski definition) is 3. The lowest BCUT2D eigenvalue weighted by Crippen LogP contribution is -2.20. The highest BCUT2D eigenvalue weighted by Gasteiger charge is 2.39. The molecule has 30 heavy (non-hydrogen) atoms. The van der Waals surface area contributed by atoms with E-state index in [0.29, 0.717) is 0 Å². The van der Waals surface area contributed by atoms with Crippen molar-refractivity contribution in [3.8, 4) is 11.1 Å². The number of halogens is 3. The number of anilines is 1. The van der Waals surface area contributed by atoms with E-state index in [2.05, 4.69) is 5.32 Å². The van der Waals surface area contributed by atoms with Crippen molar-refractivity contribution in [3.63, 3.8) is 0 Å². The molecule has 2 N–H and O–H groups in total. The van der Waals surface area contributed by atoms with Gasteiger partial charge in [0.2, 0.25) is 0 Å². The average molecular weight is 413 g/mol. The lowest BCUT2D eigenvalue weighted by molar-refractivity contribution is -0.206. The van der Waals surface area contributed by atoms with E-state index >= 15 is 0 Å². The van der Waals surface area contributed by atoms with Gasteiger partial charge in [0.15, 0.2) is 6.10 Å². The quantitative estimate of drug-likeness (QED) is 0.582. The summed E-state index contributed by atoms with van der Waals surface area (Å²) in [4.78, 5) is 12.2. The molecule has 1 aliphatic carbocycles. The van der Waals surface area contributed by atoms with E-state index in [0.717, 1.165) is 34.4 Å². The molecule has 0 bridgehead atoms. The zero-order valence-corrected chi connectivity index (χ0v) is 15.7. The number of aliphatic hydroxyl groups excluding tert-OH is 1. The largest absolute Gasteiger partial charge is 0.448 e. The van der Waals surface area contributed by atoms with Gasteiger partial charge in [-0.3, -0.25) is 5.32 Å². The molecule has 0 aromatic heterocycles. The Labute approximate surface area is 170 Å². The smallest absolute Gasteiger partial charge is 0.418 e. The summed E-state index contributed by atoms with van der Waals surface area (Å²) in [6.07, 6.45) is -8.02. The third-order valence-electron chi connectivity index (χ3n) is 5.13. The molecule has 154 valence electrons. The van der Waals surface area contributed by atoms with Crippen LogP contribution in [-0.2, 0) is 4.74 Å². The zero-order valence-electron chi connectivity index (χ0n) is 15.7. The van der Waals surface area contributed by atoms with Gasteiger partial charge in [0.05, 0.1) is 0 Å². The van der Waals surface area contributed by atoms with Crippen molar-refractivity contribution in [2.75, 3.05) is 11.9 Å². The van der Waals surface area contributed by atoms with Gasteiger partial charge in [-0.25, -0.2) is 4.79 Å². The number of rotatable bonds is 4. The van der Waals surface area contributed by atoms with E-state index in [-0.39, 0.29) is 23.8 Å². The number of ether oxygens (including phenoxy) is 1. The van der Waals surface area contributed by atoms with Crippen LogP contribution in [0.5, 0.6) is 0 Å². The molecular weight excluding hydrogens is 395 g/mol. The van der Waals surface area contributed by atoms with E-state index in [1.165, 1.54) is 12.1 Å². The predicted octanol–water partition coefficient (Wildman–Crippen LogP) is 5.64. The molecule has 0 saturated carbocycles. The highest BCUT2D eigenvalue weighted by molar-refractivity contribution is 5.85. The molecule has 0 aliphatic heterocycles. The average Bonchev–Trinajstić information content (AvgIpc) is 3.05. The predicted molar refractivity (Wildman–Crippen MR) is 106 cm³/mol. The summed E-state index contributed by atoms with van der Waals surface area (Å²) >= 11 is 0. The Hall–Kier alpha value is -3.32. The van der Waals surface area contributed by atoms with Crippen LogP contribution in [-0.4, -0.2) is 24.0 Å². The van der Waals surface area contributed by atoms with Crippen LogP contribution in [0.2, 0.25) is 0 Å². The molecule has 0 radical (unpaired) electrons. The maximum Gasteiger partial charge on any atom is 0.418 e. The topological polar surface area (TPSA) is 58.6 Å². The lowest BCUT2D eigenvalue weighted by atomic mass is 9.98. The summed E-state index contributed by atoms with van der Waals surface area (Å²) in [5.74, 6) is -0.0903. The number of aliphatic hydroxyl groups is 1. The van der Waals surface area contributed by atoms with Gasteiger partial charge in [-0.15, -0.1) is 0 Å². The van der Waals surface area contributed by atoms with Crippen molar-refractivity contribution in [2.24, 2.45) is 0 Å². The van der Waals surface area contributed by atoms with Crippen molar-refractivity contribution in [2.45, 2.75) is 18.2 Å². The SMILES string of the molecule is O=C(Nc1ccc(C(O)C(F)(F)F)cc1)OCC1c2ccccc2-c2ccccc21. The number of alkyl halides is 3. The highest BCUT2D eigenvalue weighted by atomic mass is 19.4. The molecule has 0 heterocycles.